The van der Waals surface area contributed by atoms with Crippen molar-refractivity contribution in [2.24, 2.45) is 0 Å². The molecule has 1 atom stereocenters. The molecule has 0 aliphatic carbocycles. The SMILES string of the molecule is Cc1ccc2[nH]c(C(=O)N3CCn4nc(-c5ccccc5)nc4[C@@H]3C)cc2c1. The van der Waals surface area contributed by atoms with Gasteiger partial charge in [0, 0.05) is 23.0 Å². The number of aromatic nitrogens is 4. The first-order chi connectivity index (χ1) is 13.6. The van der Waals surface area contributed by atoms with Crippen LogP contribution in [-0.2, 0) is 6.54 Å². The van der Waals surface area contributed by atoms with Crippen molar-refractivity contribution < 1.29 is 4.79 Å². The van der Waals surface area contributed by atoms with E-state index in [1.807, 2.05) is 65.0 Å². The van der Waals surface area contributed by atoms with Gasteiger partial charge in [0.05, 0.1) is 12.6 Å². The molecule has 5 rings (SSSR count). The second-order valence-corrected chi connectivity index (χ2v) is 7.33. The minimum absolute atomic E-state index is 0.00290. The van der Waals surface area contributed by atoms with E-state index in [-0.39, 0.29) is 11.9 Å². The first-order valence-corrected chi connectivity index (χ1v) is 9.50. The van der Waals surface area contributed by atoms with Gasteiger partial charge < -0.3 is 9.88 Å². The summed E-state index contributed by atoms with van der Waals surface area (Å²) in [6.07, 6.45) is 0. The zero-order valence-corrected chi connectivity index (χ0v) is 15.9. The number of hydrogen-bond donors (Lipinski definition) is 1. The van der Waals surface area contributed by atoms with Crippen LogP contribution in [0.15, 0.2) is 54.6 Å². The van der Waals surface area contributed by atoms with E-state index in [4.69, 9.17) is 4.98 Å². The summed E-state index contributed by atoms with van der Waals surface area (Å²) in [5.41, 5.74) is 3.76. The van der Waals surface area contributed by atoms with Gasteiger partial charge in [-0.15, -0.1) is 0 Å². The highest BCUT2D eigenvalue weighted by atomic mass is 16.2. The Morgan fingerprint density at radius 3 is 2.75 bits per heavy atom. The lowest BCUT2D eigenvalue weighted by Crippen LogP contribution is -2.41. The Kier molecular flexibility index (Phi) is 3.79. The fraction of sp³-hybridized carbons (Fsp3) is 0.227. The van der Waals surface area contributed by atoms with E-state index in [2.05, 4.69) is 23.1 Å². The summed E-state index contributed by atoms with van der Waals surface area (Å²) in [6, 6.07) is 17.9. The van der Waals surface area contributed by atoms with Crippen molar-refractivity contribution in [3.8, 4) is 11.4 Å². The summed E-state index contributed by atoms with van der Waals surface area (Å²) in [5.74, 6) is 1.53. The number of hydrogen-bond acceptors (Lipinski definition) is 3. The minimum atomic E-state index is -0.139. The molecule has 0 radical (unpaired) electrons. The molecule has 2 aromatic carbocycles. The van der Waals surface area contributed by atoms with Crippen LogP contribution in [-0.4, -0.2) is 37.1 Å². The van der Waals surface area contributed by atoms with E-state index in [0.29, 0.717) is 24.6 Å². The van der Waals surface area contributed by atoms with Crippen molar-refractivity contribution in [2.45, 2.75) is 26.4 Å². The molecule has 4 aromatic rings. The first kappa shape index (κ1) is 16.7. The van der Waals surface area contributed by atoms with E-state index in [0.717, 1.165) is 22.3 Å². The van der Waals surface area contributed by atoms with Gasteiger partial charge in [-0.3, -0.25) is 4.79 Å². The van der Waals surface area contributed by atoms with Gasteiger partial charge >= 0.3 is 0 Å². The molecule has 1 aliphatic heterocycles. The Hall–Kier alpha value is -3.41. The molecule has 2 aromatic heterocycles. The molecule has 1 amide bonds. The van der Waals surface area contributed by atoms with Crippen LogP contribution >= 0.6 is 0 Å². The molecule has 0 unspecified atom stereocenters. The van der Waals surface area contributed by atoms with Crippen molar-refractivity contribution in [3.63, 3.8) is 0 Å². The molecule has 28 heavy (non-hydrogen) atoms. The molecule has 6 nitrogen and oxygen atoms in total. The fourth-order valence-electron chi connectivity index (χ4n) is 3.87. The predicted octanol–water partition coefficient (Wildman–Crippen LogP) is 3.95. The van der Waals surface area contributed by atoms with Gasteiger partial charge in [0.1, 0.15) is 11.5 Å². The van der Waals surface area contributed by atoms with Crippen molar-refractivity contribution in [3.05, 3.63) is 71.7 Å². The Morgan fingerprint density at radius 1 is 1.11 bits per heavy atom. The Morgan fingerprint density at radius 2 is 1.93 bits per heavy atom. The largest absolute Gasteiger partial charge is 0.351 e. The van der Waals surface area contributed by atoms with Crippen LogP contribution in [0.1, 0.15) is 34.8 Å². The molecule has 0 saturated carbocycles. The lowest BCUT2D eigenvalue weighted by atomic mass is 10.1. The van der Waals surface area contributed by atoms with Gasteiger partial charge in [-0.05, 0) is 32.0 Å². The maximum absolute atomic E-state index is 13.2. The normalized spacial score (nSPS) is 16.4. The first-order valence-electron chi connectivity index (χ1n) is 9.50. The molecular weight excluding hydrogens is 350 g/mol. The average molecular weight is 371 g/mol. The van der Waals surface area contributed by atoms with Gasteiger partial charge in [-0.1, -0.05) is 42.0 Å². The highest BCUT2D eigenvalue weighted by molar-refractivity contribution is 5.98. The van der Waals surface area contributed by atoms with Gasteiger partial charge in [0.15, 0.2) is 5.82 Å². The van der Waals surface area contributed by atoms with E-state index in [9.17, 15) is 4.79 Å². The third-order valence-electron chi connectivity index (χ3n) is 5.39. The number of fused-ring (bicyclic) bond motifs is 2. The van der Waals surface area contributed by atoms with Gasteiger partial charge in [0.2, 0.25) is 0 Å². The van der Waals surface area contributed by atoms with Crippen LogP contribution in [0, 0.1) is 6.92 Å². The van der Waals surface area contributed by atoms with Crippen LogP contribution in [0.3, 0.4) is 0 Å². The summed E-state index contributed by atoms with van der Waals surface area (Å²) in [6.45, 7) is 5.32. The predicted molar refractivity (Wildman–Crippen MR) is 108 cm³/mol. The lowest BCUT2D eigenvalue weighted by Gasteiger charge is -2.32. The molecule has 1 N–H and O–H groups in total. The third kappa shape index (κ3) is 2.69. The molecular formula is C22H21N5O. The maximum Gasteiger partial charge on any atom is 0.270 e. The number of benzene rings is 2. The van der Waals surface area contributed by atoms with E-state index in [1.54, 1.807) is 0 Å². The number of carbonyl (C=O) groups is 1. The van der Waals surface area contributed by atoms with Crippen LogP contribution in [0.5, 0.6) is 0 Å². The summed E-state index contributed by atoms with van der Waals surface area (Å²) >= 11 is 0. The van der Waals surface area contributed by atoms with Crippen LogP contribution in [0.25, 0.3) is 22.3 Å². The number of carbonyl (C=O) groups excluding carboxylic acids is 1. The Balaban J connectivity index is 1.46. The topological polar surface area (TPSA) is 66.8 Å². The van der Waals surface area contributed by atoms with Gasteiger partial charge in [0.25, 0.3) is 5.91 Å². The standard InChI is InChI=1S/C22H21N5O/c1-14-8-9-18-17(12-14)13-19(23-18)22(28)26-10-11-27-21(15(26)2)24-20(25-27)16-6-4-3-5-7-16/h3-9,12-13,15,23H,10-11H2,1-2H3/t15-/m0/s1. The second kappa shape index (κ2) is 6.34. The number of nitrogens with one attached hydrogen (secondary N) is 1. The molecule has 0 fully saturated rings. The average Bonchev–Trinajstić information content (AvgIpc) is 3.33. The molecule has 0 saturated heterocycles. The van der Waals surface area contributed by atoms with Gasteiger partial charge in [-0.2, -0.15) is 5.10 Å². The number of aryl methyl sites for hydroxylation is 1. The number of nitrogens with zero attached hydrogens (tertiary/aromatic N) is 4. The van der Waals surface area contributed by atoms with Crippen molar-refractivity contribution in [1.82, 2.24) is 24.6 Å². The van der Waals surface area contributed by atoms with Crippen molar-refractivity contribution in [2.75, 3.05) is 6.54 Å². The number of amides is 1. The monoisotopic (exact) mass is 371 g/mol. The number of H-pyrrole nitrogens is 1. The number of rotatable bonds is 2. The van der Waals surface area contributed by atoms with E-state index in [1.165, 1.54) is 5.56 Å². The zero-order chi connectivity index (χ0) is 19.3. The smallest absolute Gasteiger partial charge is 0.270 e. The summed E-state index contributed by atoms with van der Waals surface area (Å²) in [5, 5.41) is 5.70. The van der Waals surface area contributed by atoms with Crippen molar-refractivity contribution >= 4 is 16.8 Å². The maximum atomic E-state index is 13.2. The van der Waals surface area contributed by atoms with E-state index < -0.39 is 0 Å². The fourth-order valence-corrected chi connectivity index (χ4v) is 3.87. The molecule has 3 heterocycles. The van der Waals surface area contributed by atoms with Crippen LogP contribution in [0.4, 0.5) is 0 Å². The Bertz CT molecular complexity index is 1170. The van der Waals surface area contributed by atoms with Crippen LogP contribution < -0.4 is 0 Å². The third-order valence-corrected chi connectivity index (χ3v) is 5.39. The number of aromatic amines is 1. The molecule has 0 bridgehead atoms. The van der Waals surface area contributed by atoms with Crippen LogP contribution in [0.2, 0.25) is 0 Å². The van der Waals surface area contributed by atoms with Crippen molar-refractivity contribution in [1.29, 1.82) is 0 Å². The quantitative estimate of drug-likeness (QED) is 0.580. The zero-order valence-electron chi connectivity index (χ0n) is 15.9. The molecule has 1 aliphatic rings. The minimum Gasteiger partial charge on any atom is -0.351 e. The highest BCUT2D eigenvalue weighted by Crippen LogP contribution is 2.28. The lowest BCUT2D eigenvalue weighted by molar-refractivity contribution is 0.0625. The summed E-state index contributed by atoms with van der Waals surface area (Å²) < 4.78 is 1.92. The van der Waals surface area contributed by atoms with E-state index >= 15 is 0 Å². The molecule has 0 spiro atoms. The summed E-state index contributed by atoms with van der Waals surface area (Å²) in [4.78, 5) is 23.1. The van der Waals surface area contributed by atoms with Gasteiger partial charge in [-0.25, -0.2) is 9.67 Å². The summed E-state index contributed by atoms with van der Waals surface area (Å²) in [7, 11) is 0. The Labute approximate surface area is 162 Å². The molecule has 140 valence electrons. The second-order valence-electron chi connectivity index (χ2n) is 7.33. The highest BCUT2D eigenvalue weighted by Gasteiger charge is 2.32. The molecule has 6 heteroatoms.